The van der Waals surface area contributed by atoms with Crippen molar-refractivity contribution in [1.82, 2.24) is 10.2 Å². The molecule has 0 fully saturated rings. The largest absolute Gasteiger partial charge is 0.354 e. The van der Waals surface area contributed by atoms with Gasteiger partial charge in [-0.05, 0) is 54.7 Å². The summed E-state index contributed by atoms with van der Waals surface area (Å²) >= 11 is 12.3. The minimum atomic E-state index is -3.78. The normalized spacial score (nSPS) is 12.3. The number of anilines is 1. The monoisotopic (exact) mass is 541 g/mol. The van der Waals surface area contributed by atoms with E-state index in [9.17, 15) is 18.0 Å². The lowest BCUT2D eigenvalue weighted by Crippen LogP contribution is -2.51. The Hall–Kier alpha value is -2.29. The van der Waals surface area contributed by atoms with Gasteiger partial charge in [-0.1, -0.05) is 62.2 Å². The predicted molar refractivity (Wildman–Crippen MR) is 142 cm³/mol. The van der Waals surface area contributed by atoms with Crippen molar-refractivity contribution in [3.63, 3.8) is 0 Å². The van der Waals surface area contributed by atoms with Crippen molar-refractivity contribution in [1.29, 1.82) is 0 Å². The molecule has 0 radical (unpaired) electrons. The van der Waals surface area contributed by atoms with Crippen molar-refractivity contribution >= 4 is 50.7 Å². The first-order valence-electron chi connectivity index (χ1n) is 11.4. The van der Waals surface area contributed by atoms with Gasteiger partial charge >= 0.3 is 0 Å². The summed E-state index contributed by atoms with van der Waals surface area (Å²) in [5.41, 5.74) is 2.01. The highest BCUT2D eigenvalue weighted by Crippen LogP contribution is 2.25. The Balaban J connectivity index is 2.40. The number of carbonyl (C=O) groups excluding carboxylic acids is 2. The standard InChI is InChI=1S/C25H33Cl2N3O4S/c1-6-13-28-25(32)18(4)29(15-20-7-10-21(26)14-23(20)27)24(31)16-30(35(5,33)34)22-11-8-19(9-12-22)17(2)3/h7-12,14,17-18H,6,13,15-16H2,1-5H3,(H,28,32). The second-order valence-electron chi connectivity index (χ2n) is 8.74. The smallest absolute Gasteiger partial charge is 0.244 e. The molecule has 0 spiro atoms. The van der Waals surface area contributed by atoms with Gasteiger partial charge in [0.25, 0.3) is 0 Å². The van der Waals surface area contributed by atoms with E-state index in [1.54, 1.807) is 37.3 Å². The van der Waals surface area contributed by atoms with Crippen LogP contribution in [0, 0.1) is 0 Å². The van der Waals surface area contributed by atoms with E-state index in [-0.39, 0.29) is 18.4 Å². The molecule has 0 heterocycles. The number of nitrogens with one attached hydrogen (secondary N) is 1. The minimum absolute atomic E-state index is 0.0133. The van der Waals surface area contributed by atoms with Gasteiger partial charge in [-0.25, -0.2) is 8.42 Å². The molecule has 7 nitrogen and oxygen atoms in total. The summed E-state index contributed by atoms with van der Waals surface area (Å²) in [6.07, 6.45) is 1.79. The van der Waals surface area contributed by atoms with Gasteiger partial charge in [0.2, 0.25) is 21.8 Å². The van der Waals surface area contributed by atoms with Crippen LogP contribution < -0.4 is 9.62 Å². The van der Waals surface area contributed by atoms with Crippen LogP contribution in [-0.2, 0) is 26.2 Å². The van der Waals surface area contributed by atoms with Gasteiger partial charge < -0.3 is 10.2 Å². The zero-order valence-electron chi connectivity index (χ0n) is 20.7. The third kappa shape index (κ3) is 8.12. The first-order valence-corrected chi connectivity index (χ1v) is 14.0. The van der Waals surface area contributed by atoms with E-state index in [0.717, 1.165) is 22.5 Å². The van der Waals surface area contributed by atoms with Gasteiger partial charge in [-0.3, -0.25) is 13.9 Å². The maximum atomic E-state index is 13.5. The number of amides is 2. The van der Waals surface area contributed by atoms with Crippen LogP contribution in [0.15, 0.2) is 42.5 Å². The molecule has 0 bridgehead atoms. The summed E-state index contributed by atoms with van der Waals surface area (Å²) in [5.74, 6) is -0.592. The Bertz CT molecular complexity index is 1140. The molecule has 2 aromatic rings. The predicted octanol–water partition coefficient (Wildman–Crippen LogP) is 4.83. The molecule has 192 valence electrons. The van der Waals surface area contributed by atoms with Crippen molar-refractivity contribution < 1.29 is 18.0 Å². The Morgan fingerprint density at radius 3 is 2.17 bits per heavy atom. The Labute approximate surface area is 218 Å². The van der Waals surface area contributed by atoms with Crippen molar-refractivity contribution in [3.05, 3.63) is 63.6 Å². The summed E-state index contributed by atoms with van der Waals surface area (Å²) in [6.45, 7) is 7.63. The molecule has 0 aromatic heterocycles. The quantitative estimate of drug-likeness (QED) is 0.441. The molecule has 1 unspecified atom stereocenters. The molecule has 2 aromatic carbocycles. The van der Waals surface area contributed by atoms with Crippen LogP contribution in [-0.4, -0.2) is 50.5 Å². The molecule has 2 amide bonds. The van der Waals surface area contributed by atoms with E-state index in [0.29, 0.717) is 27.8 Å². The Morgan fingerprint density at radius 1 is 1.03 bits per heavy atom. The van der Waals surface area contributed by atoms with E-state index in [1.165, 1.54) is 4.90 Å². The molecule has 0 aliphatic heterocycles. The second-order valence-corrected chi connectivity index (χ2v) is 11.5. The first-order chi connectivity index (χ1) is 16.3. The zero-order valence-corrected chi connectivity index (χ0v) is 23.0. The van der Waals surface area contributed by atoms with Crippen LogP contribution in [0.2, 0.25) is 10.0 Å². The molecule has 2 rings (SSSR count). The fourth-order valence-corrected chi connectivity index (χ4v) is 4.77. The van der Waals surface area contributed by atoms with Crippen LogP contribution in [0.1, 0.15) is 51.2 Å². The molecular weight excluding hydrogens is 509 g/mol. The molecule has 0 aliphatic rings. The van der Waals surface area contributed by atoms with Crippen molar-refractivity contribution in [3.8, 4) is 0 Å². The topological polar surface area (TPSA) is 86.8 Å². The number of carbonyl (C=O) groups is 2. The molecule has 1 N–H and O–H groups in total. The average Bonchev–Trinajstić information content (AvgIpc) is 2.79. The lowest BCUT2D eigenvalue weighted by molar-refractivity contribution is -0.139. The van der Waals surface area contributed by atoms with E-state index in [1.807, 2.05) is 32.9 Å². The van der Waals surface area contributed by atoms with Crippen LogP contribution in [0.25, 0.3) is 0 Å². The zero-order chi connectivity index (χ0) is 26.3. The summed E-state index contributed by atoms with van der Waals surface area (Å²) in [5, 5.41) is 3.58. The summed E-state index contributed by atoms with van der Waals surface area (Å²) in [6, 6.07) is 11.1. The molecule has 0 aliphatic carbocycles. The SMILES string of the molecule is CCCNC(=O)C(C)N(Cc1ccc(Cl)cc1Cl)C(=O)CN(c1ccc(C(C)C)cc1)S(C)(=O)=O. The minimum Gasteiger partial charge on any atom is -0.354 e. The fourth-order valence-electron chi connectivity index (χ4n) is 3.45. The van der Waals surface area contributed by atoms with Gasteiger partial charge in [0.1, 0.15) is 12.6 Å². The molecule has 35 heavy (non-hydrogen) atoms. The van der Waals surface area contributed by atoms with E-state index >= 15 is 0 Å². The molecule has 10 heteroatoms. The van der Waals surface area contributed by atoms with Gasteiger partial charge in [0, 0.05) is 23.1 Å². The van der Waals surface area contributed by atoms with Crippen molar-refractivity contribution in [2.75, 3.05) is 23.7 Å². The highest BCUT2D eigenvalue weighted by atomic mass is 35.5. The number of benzene rings is 2. The van der Waals surface area contributed by atoms with E-state index in [2.05, 4.69) is 5.32 Å². The lowest BCUT2D eigenvalue weighted by Gasteiger charge is -2.31. The highest BCUT2D eigenvalue weighted by molar-refractivity contribution is 7.92. The second kappa shape index (κ2) is 12.6. The van der Waals surface area contributed by atoms with Crippen molar-refractivity contribution in [2.45, 2.75) is 52.6 Å². The number of hydrogen-bond acceptors (Lipinski definition) is 4. The van der Waals surface area contributed by atoms with Crippen LogP contribution in [0.5, 0.6) is 0 Å². The van der Waals surface area contributed by atoms with Gasteiger partial charge in [0.05, 0.1) is 11.9 Å². The number of sulfonamides is 1. The van der Waals surface area contributed by atoms with E-state index in [4.69, 9.17) is 23.2 Å². The van der Waals surface area contributed by atoms with Crippen LogP contribution in [0.4, 0.5) is 5.69 Å². The number of halogens is 2. The van der Waals surface area contributed by atoms with Crippen LogP contribution >= 0.6 is 23.2 Å². The summed E-state index contributed by atoms with van der Waals surface area (Å²) in [4.78, 5) is 27.6. The Kier molecular flexibility index (Phi) is 10.4. The third-order valence-electron chi connectivity index (χ3n) is 5.60. The average molecular weight is 543 g/mol. The summed E-state index contributed by atoms with van der Waals surface area (Å²) in [7, 11) is -3.78. The lowest BCUT2D eigenvalue weighted by atomic mass is 10.0. The Morgan fingerprint density at radius 2 is 1.66 bits per heavy atom. The molecule has 0 saturated heterocycles. The fraction of sp³-hybridized carbons (Fsp3) is 0.440. The molecule has 0 saturated carbocycles. The van der Waals surface area contributed by atoms with Gasteiger partial charge in [0.15, 0.2) is 0 Å². The van der Waals surface area contributed by atoms with E-state index < -0.39 is 28.5 Å². The maximum absolute atomic E-state index is 13.5. The van der Waals surface area contributed by atoms with Gasteiger partial charge in [-0.15, -0.1) is 0 Å². The maximum Gasteiger partial charge on any atom is 0.244 e. The number of nitrogens with zero attached hydrogens (tertiary/aromatic N) is 2. The highest BCUT2D eigenvalue weighted by Gasteiger charge is 2.30. The number of rotatable bonds is 11. The number of hydrogen-bond donors (Lipinski definition) is 1. The first kappa shape index (κ1) is 28.9. The molecule has 1 atom stereocenters. The van der Waals surface area contributed by atoms with Crippen LogP contribution in [0.3, 0.4) is 0 Å². The summed E-state index contributed by atoms with van der Waals surface area (Å²) < 4.78 is 26.3. The van der Waals surface area contributed by atoms with Gasteiger partial charge in [-0.2, -0.15) is 0 Å². The molecular formula is C25H33Cl2N3O4S. The third-order valence-corrected chi connectivity index (χ3v) is 7.33. The van der Waals surface area contributed by atoms with Crippen molar-refractivity contribution in [2.24, 2.45) is 0 Å².